The van der Waals surface area contributed by atoms with Crippen LogP contribution in [0.2, 0.25) is 0 Å². The lowest BCUT2D eigenvalue weighted by Crippen LogP contribution is -2.51. The molecule has 1 N–H and O–H groups in total. The first-order valence-electron chi connectivity index (χ1n) is 12.4. The van der Waals surface area contributed by atoms with E-state index in [0.717, 1.165) is 17.9 Å². The van der Waals surface area contributed by atoms with Crippen LogP contribution in [0.4, 0.5) is 11.5 Å². The van der Waals surface area contributed by atoms with Crippen LogP contribution in [-0.2, 0) is 16.0 Å². The van der Waals surface area contributed by atoms with Gasteiger partial charge in [-0.05, 0) is 30.7 Å². The summed E-state index contributed by atoms with van der Waals surface area (Å²) in [6.45, 7) is 4.13. The highest BCUT2D eigenvalue weighted by Gasteiger charge is 2.34. The second-order valence-electron chi connectivity index (χ2n) is 9.52. The number of aryl methyl sites for hydroxylation is 1. The summed E-state index contributed by atoms with van der Waals surface area (Å²) in [7, 11) is 3.63. The monoisotopic (exact) mass is 548 g/mol. The van der Waals surface area contributed by atoms with Crippen molar-refractivity contribution in [1.29, 1.82) is 0 Å². The van der Waals surface area contributed by atoms with E-state index in [9.17, 15) is 19.5 Å². The predicted octanol–water partition coefficient (Wildman–Crippen LogP) is 2.57. The summed E-state index contributed by atoms with van der Waals surface area (Å²) in [5, 5.41) is 12.1. The van der Waals surface area contributed by atoms with Gasteiger partial charge in [-0.3, -0.25) is 19.1 Å². The van der Waals surface area contributed by atoms with Crippen molar-refractivity contribution in [2.45, 2.75) is 13.3 Å². The molecule has 0 spiro atoms. The molecule has 0 atom stereocenters. The zero-order valence-corrected chi connectivity index (χ0v) is 22.6. The lowest BCUT2D eigenvalue weighted by Gasteiger charge is -2.39. The van der Waals surface area contributed by atoms with Crippen molar-refractivity contribution < 1.29 is 19.4 Å². The number of ether oxygens (including phenoxy) is 1. The number of nitrogens with zero attached hydrogens (tertiary/aromatic N) is 6. The Morgan fingerprint density at radius 3 is 2.69 bits per heavy atom. The van der Waals surface area contributed by atoms with Gasteiger partial charge in [0.1, 0.15) is 17.2 Å². The molecule has 1 fully saturated rings. The first-order valence-corrected chi connectivity index (χ1v) is 13.3. The predicted molar refractivity (Wildman–Crippen MR) is 149 cm³/mol. The van der Waals surface area contributed by atoms with E-state index in [0.29, 0.717) is 41.9 Å². The van der Waals surface area contributed by atoms with E-state index in [1.54, 1.807) is 42.4 Å². The van der Waals surface area contributed by atoms with Gasteiger partial charge >= 0.3 is 5.97 Å². The van der Waals surface area contributed by atoms with Gasteiger partial charge in [0.25, 0.3) is 0 Å². The molecule has 1 aliphatic heterocycles. The van der Waals surface area contributed by atoms with E-state index in [1.165, 1.54) is 17.5 Å². The van der Waals surface area contributed by atoms with Gasteiger partial charge in [-0.25, -0.2) is 14.8 Å². The number of carboxylic acids is 1. The van der Waals surface area contributed by atoms with Gasteiger partial charge in [0, 0.05) is 63.7 Å². The number of carbonyl (C=O) groups is 2. The molecule has 11 nitrogen and oxygen atoms in total. The van der Waals surface area contributed by atoms with Gasteiger partial charge in [-0.2, -0.15) is 0 Å². The Kier molecular flexibility index (Phi) is 7.40. The first kappa shape index (κ1) is 26.4. The fourth-order valence-electron chi connectivity index (χ4n) is 4.57. The van der Waals surface area contributed by atoms with Crippen LogP contribution in [0.25, 0.3) is 16.2 Å². The maximum Gasteiger partial charge on any atom is 0.341 e. The molecular formula is C27H28N6O5S. The highest BCUT2D eigenvalue weighted by atomic mass is 32.1. The number of Topliss-reactive ketones (excluding diaryl/α,β-unsaturated/α-hetero) is 1. The zero-order chi connectivity index (χ0) is 27.7. The Bertz CT molecular complexity index is 1580. The second kappa shape index (κ2) is 10.9. The smallest absolute Gasteiger partial charge is 0.341 e. The highest BCUT2D eigenvalue weighted by Crippen LogP contribution is 2.29. The third-order valence-electron chi connectivity index (χ3n) is 6.89. The molecule has 1 aliphatic rings. The number of aromatic carboxylic acids is 1. The number of ketones is 1. The second-order valence-corrected chi connectivity index (χ2v) is 10.4. The quantitative estimate of drug-likeness (QED) is 0.315. The third-order valence-corrected chi connectivity index (χ3v) is 7.67. The van der Waals surface area contributed by atoms with Crippen LogP contribution in [-0.4, -0.2) is 76.8 Å². The topological polar surface area (TPSA) is 131 Å². The Hall–Kier alpha value is -4.16. The summed E-state index contributed by atoms with van der Waals surface area (Å²) in [6.07, 6.45) is 4.91. The molecule has 0 saturated carbocycles. The van der Waals surface area contributed by atoms with Crippen molar-refractivity contribution >= 4 is 45.6 Å². The first-order chi connectivity index (χ1) is 18.8. The lowest BCUT2D eigenvalue weighted by atomic mass is 9.92. The molecule has 12 heteroatoms. The van der Waals surface area contributed by atoms with Gasteiger partial charge in [0.15, 0.2) is 10.8 Å². The van der Waals surface area contributed by atoms with Gasteiger partial charge in [-0.1, -0.05) is 0 Å². The fraction of sp³-hybridized carbons (Fsp3) is 0.333. The van der Waals surface area contributed by atoms with Crippen LogP contribution in [0.5, 0.6) is 0 Å². The molecule has 202 valence electrons. The minimum absolute atomic E-state index is 0.113. The summed E-state index contributed by atoms with van der Waals surface area (Å²) in [6, 6.07) is 5.60. The van der Waals surface area contributed by atoms with Gasteiger partial charge in [0.05, 0.1) is 29.8 Å². The van der Waals surface area contributed by atoms with Crippen molar-refractivity contribution in [2.75, 3.05) is 50.2 Å². The van der Waals surface area contributed by atoms with Crippen LogP contribution >= 0.6 is 11.3 Å². The molecule has 0 bridgehead atoms. The van der Waals surface area contributed by atoms with Crippen LogP contribution in [0.1, 0.15) is 21.6 Å². The number of hydrogen-bond acceptors (Lipinski definition) is 10. The van der Waals surface area contributed by atoms with Crippen LogP contribution in [0.15, 0.2) is 47.0 Å². The van der Waals surface area contributed by atoms with Gasteiger partial charge < -0.3 is 19.6 Å². The number of hydrogen-bond donors (Lipinski definition) is 1. The minimum atomic E-state index is -1.30. The van der Waals surface area contributed by atoms with E-state index >= 15 is 0 Å². The summed E-state index contributed by atoms with van der Waals surface area (Å²) in [4.78, 5) is 55.2. The van der Waals surface area contributed by atoms with Gasteiger partial charge in [-0.15, -0.1) is 11.3 Å². The number of rotatable bonds is 10. The number of thiazole rings is 1. The van der Waals surface area contributed by atoms with E-state index in [4.69, 9.17) is 9.72 Å². The number of pyridine rings is 3. The standard InChI is InChI=1S/C27H28N6O5S/c1-16-10-22(30-25-23(16)24(35)20(26(36)37)15-33(25)27-28-6-9-39-27)32-13-17(14-32)21(34)11-18-4-5-19(12-29-18)31(2)7-8-38-3/h4-6,9-10,12,15,17H,7-8,11,13-14H2,1-3H3,(H,36,37). The largest absolute Gasteiger partial charge is 0.477 e. The maximum absolute atomic E-state index is 13.0. The molecule has 0 radical (unpaired) electrons. The van der Waals surface area contributed by atoms with E-state index in [-0.39, 0.29) is 29.1 Å². The average molecular weight is 549 g/mol. The molecule has 4 aromatic heterocycles. The van der Waals surface area contributed by atoms with Crippen molar-refractivity contribution in [2.24, 2.45) is 5.92 Å². The van der Waals surface area contributed by atoms with E-state index in [1.807, 2.05) is 29.0 Å². The number of fused-ring (bicyclic) bond motifs is 1. The van der Waals surface area contributed by atoms with E-state index in [2.05, 4.69) is 9.97 Å². The molecular weight excluding hydrogens is 520 g/mol. The van der Waals surface area contributed by atoms with Crippen molar-refractivity contribution in [3.63, 3.8) is 0 Å². The summed E-state index contributed by atoms with van der Waals surface area (Å²) < 4.78 is 6.66. The number of likely N-dealkylation sites (N-methyl/N-ethyl adjacent to an activating group) is 1. The maximum atomic E-state index is 13.0. The molecule has 39 heavy (non-hydrogen) atoms. The number of carboxylic acid groups (broad SMARTS) is 1. The number of methoxy groups -OCH3 is 1. The molecule has 0 amide bonds. The Morgan fingerprint density at radius 2 is 2.05 bits per heavy atom. The number of aromatic nitrogens is 4. The third kappa shape index (κ3) is 5.25. The Labute approximate surface area is 228 Å². The van der Waals surface area contributed by atoms with Crippen LogP contribution < -0.4 is 15.2 Å². The molecule has 5 rings (SSSR count). The van der Waals surface area contributed by atoms with Crippen molar-refractivity contribution in [3.8, 4) is 5.13 Å². The SMILES string of the molecule is COCCN(C)c1ccc(CC(=O)C2CN(c3cc(C)c4c(=O)c(C(=O)O)cn(-c5nccs5)c4n3)C2)nc1. The summed E-state index contributed by atoms with van der Waals surface area (Å²) in [5.41, 5.74) is 1.72. The Morgan fingerprint density at radius 1 is 1.26 bits per heavy atom. The van der Waals surface area contributed by atoms with Crippen molar-refractivity contribution in [1.82, 2.24) is 19.5 Å². The van der Waals surface area contributed by atoms with Crippen LogP contribution in [0, 0.1) is 12.8 Å². The number of anilines is 2. The van der Waals surface area contributed by atoms with E-state index < -0.39 is 11.4 Å². The number of carbonyl (C=O) groups excluding carboxylic acids is 1. The molecule has 0 aromatic carbocycles. The molecule has 1 saturated heterocycles. The lowest BCUT2D eigenvalue weighted by molar-refractivity contribution is -0.123. The molecule has 5 heterocycles. The Balaban J connectivity index is 1.33. The normalized spacial score (nSPS) is 13.5. The average Bonchev–Trinajstić information content (AvgIpc) is 3.41. The van der Waals surface area contributed by atoms with Gasteiger partial charge in [0.2, 0.25) is 5.43 Å². The zero-order valence-electron chi connectivity index (χ0n) is 21.8. The summed E-state index contributed by atoms with van der Waals surface area (Å²) >= 11 is 1.31. The summed E-state index contributed by atoms with van der Waals surface area (Å²) in [5.74, 6) is -0.716. The molecule has 4 aromatic rings. The fourth-order valence-corrected chi connectivity index (χ4v) is 5.19. The van der Waals surface area contributed by atoms with Crippen LogP contribution in [0.3, 0.4) is 0 Å². The minimum Gasteiger partial charge on any atom is -0.477 e. The molecule has 0 unspecified atom stereocenters. The van der Waals surface area contributed by atoms with Crippen molar-refractivity contribution in [3.05, 3.63) is 69.2 Å². The highest BCUT2D eigenvalue weighted by molar-refractivity contribution is 7.12. The molecule has 0 aliphatic carbocycles.